The molecular weight excluding hydrogens is 292 g/mol. The Morgan fingerprint density at radius 2 is 1.82 bits per heavy atom. The van der Waals surface area contributed by atoms with Crippen LogP contribution in [-0.2, 0) is 0 Å². The predicted octanol–water partition coefficient (Wildman–Crippen LogP) is 3.80. The van der Waals surface area contributed by atoms with E-state index in [4.69, 9.17) is 5.48 Å². The van der Waals surface area contributed by atoms with Crippen molar-refractivity contribution in [2.45, 2.75) is 46.5 Å². The highest BCUT2D eigenvalue weighted by atomic mass is 16.6. The molecule has 0 aliphatic carbocycles. The van der Waals surface area contributed by atoms with Gasteiger partial charge in [0.2, 0.25) is 5.69 Å². The molecule has 0 atom stereocenters. The molecule has 0 N–H and O–H groups in total. The molecule has 0 heterocycles. The first-order valence-corrected chi connectivity index (χ1v) is 6.20. The summed E-state index contributed by atoms with van der Waals surface area (Å²) in [5.74, 6) is 0. The predicted molar refractivity (Wildman–Crippen MR) is 81.9 cm³/mol. The second-order valence-corrected chi connectivity index (χ2v) is 4.46. The van der Waals surface area contributed by atoms with Crippen molar-refractivity contribution in [3.8, 4) is 0 Å². The standard InChI is InChI=1S/C13H18N4O5/c1-5-10(6-2)15(14-18)13-11(16(19)20)7-8(3)9(4)12(13)17(21)22/h7,10H,5-6H2,1-4H3/i5D2,6D2. The second kappa shape index (κ2) is 6.92. The summed E-state index contributed by atoms with van der Waals surface area (Å²) < 4.78 is 31.3. The van der Waals surface area contributed by atoms with Crippen LogP contribution in [0.4, 0.5) is 17.1 Å². The number of anilines is 1. The van der Waals surface area contributed by atoms with Crippen molar-refractivity contribution >= 4 is 17.1 Å². The van der Waals surface area contributed by atoms with Crippen LogP contribution < -0.4 is 5.01 Å². The minimum Gasteiger partial charge on any atom is -0.258 e. The van der Waals surface area contributed by atoms with Gasteiger partial charge in [-0.05, 0) is 32.2 Å². The van der Waals surface area contributed by atoms with Gasteiger partial charge in [-0.25, -0.2) is 5.01 Å². The number of hydrogen-bond acceptors (Lipinski definition) is 6. The van der Waals surface area contributed by atoms with Gasteiger partial charge in [0.1, 0.15) is 0 Å². The van der Waals surface area contributed by atoms with E-state index < -0.39 is 45.7 Å². The van der Waals surface area contributed by atoms with Gasteiger partial charge in [0, 0.05) is 17.1 Å². The molecule has 1 aromatic carbocycles. The molecule has 0 unspecified atom stereocenters. The number of nitro groups is 2. The summed E-state index contributed by atoms with van der Waals surface area (Å²) in [4.78, 5) is 32.6. The minimum absolute atomic E-state index is 0.0244. The molecule has 0 spiro atoms. The number of nitrogens with zero attached hydrogens (tertiary/aromatic N) is 4. The molecule has 0 bridgehead atoms. The summed E-state index contributed by atoms with van der Waals surface area (Å²) >= 11 is 0. The van der Waals surface area contributed by atoms with Crippen molar-refractivity contribution < 1.29 is 15.3 Å². The largest absolute Gasteiger partial charge is 0.304 e. The van der Waals surface area contributed by atoms with Crippen LogP contribution in [0.1, 0.15) is 43.2 Å². The molecule has 0 fully saturated rings. The van der Waals surface area contributed by atoms with E-state index in [0.29, 0.717) is 0 Å². The summed E-state index contributed by atoms with van der Waals surface area (Å²) in [6.45, 7) is 4.64. The molecule has 1 aromatic rings. The fourth-order valence-corrected chi connectivity index (χ4v) is 2.06. The second-order valence-electron chi connectivity index (χ2n) is 4.46. The number of nitro benzene ring substituents is 2. The summed E-state index contributed by atoms with van der Waals surface area (Å²) in [6.07, 6.45) is -4.82. The average Bonchev–Trinajstić information content (AvgIpc) is 2.43. The fourth-order valence-electron chi connectivity index (χ4n) is 2.06. The third-order valence-corrected chi connectivity index (χ3v) is 3.25. The summed E-state index contributed by atoms with van der Waals surface area (Å²) in [5.41, 5.74) is -2.24. The third kappa shape index (κ3) is 3.02. The van der Waals surface area contributed by atoms with E-state index in [9.17, 15) is 25.1 Å². The number of rotatable bonds is 7. The Morgan fingerprint density at radius 1 is 1.27 bits per heavy atom. The van der Waals surface area contributed by atoms with E-state index >= 15 is 0 Å². The zero-order valence-corrected chi connectivity index (χ0v) is 12.5. The zero-order valence-electron chi connectivity index (χ0n) is 16.5. The number of hydrogen-bond donors (Lipinski definition) is 0. The van der Waals surface area contributed by atoms with Crippen molar-refractivity contribution in [3.05, 3.63) is 42.3 Å². The summed E-state index contributed by atoms with van der Waals surface area (Å²) in [7, 11) is 0. The van der Waals surface area contributed by atoms with Gasteiger partial charge in [0.05, 0.1) is 21.2 Å². The first-order chi connectivity index (χ1) is 11.6. The summed E-state index contributed by atoms with van der Waals surface area (Å²) in [6, 6.07) is -0.949. The van der Waals surface area contributed by atoms with E-state index in [2.05, 4.69) is 5.29 Å². The fraction of sp³-hybridized carbons (Fsp3) is 0.538. The number of benzene rings is 1. The number of aryl methyl sites for hydroxylation is 1. The van der Waals surface area contributed by atoms with Gasteiger partial charge in [0.25, 0.3) is 0 Å². The molecule has 0 saturated carbocycles. The lowest BCUT2D eigenvalue weighted by molar-refractivity contribution is -0.393. The van der Waals surface area contributed by atoms with Crippen molar-refractivity contribution in [2.24, 2.45) is 5.29 Å². The highest BCUT2D eigenvalue weighted by Gasteiger charge is 2.36. The SMILES string of the molecule is [2H]C([2H])(C)C(N(N=O)c1c([N+](=O)[O-])cc(C)c(C)c1[N+](=O)[O-])C([2H])([2H])C. The van der Waals surface area contributed by atoms with Crippen LogP contribution in [-0.4, -0.2) is 15.9 Å². The lowest BCUT2D eigenvalue weighted by Crippen LogP contribution is -2.30. The van der Waals surface area contributed by atoms with Gasteiger partial charge in [-0.2, -0.15) is 0 Å². The van der Waals surface area contributed by atoms with E-state index in [0.717, 1.165) is 19.9 Å². The maximum absolute atomic E-state index is 11.5. The highest BCUT2D eigenvalue weighted by Crippen LogP contribution is 2.43. The normalized spacial score (nSPS) is 14.6. The molecule has 0 amide bonds. The van der Waals surface area contributed by atoms with Crippen LogP contribution in [0.25, 0.3) is 0 Å². The number of nitroso groups, excluding NO2 is 1. The van der Waals surface area contributed by atoms with E-state index in [1.165, 1.54) is 13.8 Å². The monoisotopic (exact) mass is 314 g/mol. The van der Waals surface area contributed by atoms with Crippen LogP contribution in [0.3, 0.4) is 0 Å². The van der Waals surface area contributed by atoms with Crippen LogP contribution in [0, 0.1) is 39.0 Å². The minimum atomic E-state index is -2.41. The molecule has 0 aromatic heterocycles. The topological polar surface area (TPSA) is 119 Å². The Balaban J connectivity index is 4.01. The Bertz CT molecular complexity index is 746. The van der Waals surface area contributed by atoms with E-state index in [1.807, 2.05) is 0 Å². The van der Waals surface area contributed by atoms with Gasteiger partial charge < -0.3 is 0 Å². The van der Waals surface area contributed by atoms with Gasteiger partial charge in [-0.3, -0.25) is 20.2 Å². The maximum Gasteiger partial charge on any atom is 0.304 e. The summed E-state index contributed by atoms with van der Waals surface area (Å²) in [5, 5.41) is 25.7. The molecule has 0 saturated heterocycles. The Labute approximate surface area is 132 Å². The van der Waals surface area contributed by atoms with E-state index in [1.54, 1.807) is 0 Å². The first kappa shape index (κ1) is 12.0. The molecule has 22 heavy (non-hydrogen) atoms. The van der Waals surface area contributed by atoms with E-state index in [-0.39, 0.29) is 16.1 Å². The Kier molecular flexibility index (Phi) is 3.78. The smallest absolute Gasteiger partial charge is 0.258 e. The van der Waals surface area contributed by atoms with Crippen molar-refractivity contribution in [1.82, 2.24) is 0 Å². The molecule has 1 rings (SSSR count). The molecule has 120 valence electrons. The third-order valence-electron chi connectivity index (χ3n) is 3.25. The quantitative estimate of drug-likeness (QED) is 0.429. The Morgan fingerprint density at radius 3 is 2.18 bits per heavy atom. The van der Waals surface area contributed by atoms with Gasteiger partial charge >= 0.3 is 11.4 Å². The molecule has 0 aliphatic rings. The van der Waals surface area contributed by atoms with Crippen molar-refractivity contribution in [1.29, 1.82) is 0 Å². The van der Waals surface area contributed by atoms with Gasteiger partial charge in [0.15, 0.2) is 0 Å². The molecule has 9 heteroatoms. The lowest BCUT2D eigenvalue weighted by atomic mass is 10.0. The van der Waals surface area contributed by atoms with Crippen molar-refractivity contribution in [3.63, 3.8) is 0 Å². The molecule has 0 aliphatic heterocycles. The van der Waals surface area contributed by atoms with Crippen molar-refractivity contribution in [2.75, 3.05) is 5.01 Å². The maximum atomic E-state index is 11.5. The van der Waals surface area contributed by atoms with Crippen LogP contribution in [0.2, 0.25) is 0 Å². The average molecular weight is 314 g/mol. The van der Waals surface area contributed by atoms with Gasteiger partial charge in [-0.1, -0.05) is 13.8 Å². The Hall–Kier alpha value is -2.58. The lowest BCUT2D eigenvalue weighted by Gasteiger charge is -2.24. The van der Waals surface area contributed by atoms with Crippen LogP contribution in [0.5, 0.6) is 0 Å². The van der Waals surface area contributed by atoms with Gasteiger partial charge in [-0.15, -0.1) is 4.91 Å². The van der Waals surface area contributed by atoms with Crippen LogP contribution in [0.15, 0.2) is 11.4 Å². The highest BCUT2D eigenvalue weighted by molar-refractivity contribution is 5.78. The van der Waals surface area contributed by atoms with Crippen LogP contribution >= 0.6 is 0 Å². The molecule has 9 nitrogen and oxygen atoms in total. The molecular formula is C13H18N4O5. The zero-order chi connectivity index (χ0) is 20.6. The first-order valence-electron chi connectivity index (χ1n) is 8.20. The molecule has 0 radical (unpaired) electrons.